The number of benzene rings is 1. The van der Waals surface area contributed by atoms with Crippen LogP contribution in [0.15, 0.2) is 24.3 Å². The van der Waals surface area contributed by atoms with Crippen LogP contribution in [-0.2, 0) is 11.2 Å². The molecular formula is C17H24O. The van der Waals surface area contributed by atoms with Crippen LogP contribution in [0.2, 0.25) is 0 Å². The van der Waals surface area contributed by atoms with Crippen molar-refractivity contribution in [2.24, 2.45) is 5.92 Å². The van der Waals surface area contributed by atoms with E-state index in [1.165, 1.54) is 43.2 Å². The minimum absolute atomic E-state index is 0.326. The number of aryl methyl sites for hydroxylation is 1. The first kappa shape index (κ1) is 13.3. The van der Waals surface area contributed by atoms with E-state index in [4.69, 9.17) is 0 Å². The number of carbonyl (C=O) groups is 1. The smallest absolute Gasteiger partial charge is 0.140 e. The van der Waals surface area contributed by atoms with Gasteiger partial charge in [0.2, 0.25) is 0 Å². The average molecular weight is 244 g/mol. The summed E-state index contributed by atoms with van der Waals surface area (Å²) in [6.45, 7) is 2.08. The zero-order valence-corrected chi connectivity index (χ0v) is 11.5. The molecule has 1 heteroatoms. The van der Waals surface area contributed by atoms with Crippen molar-refractivity contribution in [2.45, 2.75) is 58.3 Å². The van der Waals surface area contributed by atoms with Crippen LogP contribution >= 0.6 is 0 Å². The molecule has 1 aromatic rings. The molecule has 1 saturated carbocycles. The highest BCUT2D eigenvalue weighted by molar-refractivity contribution is 5.83. The molecule has 0 saturated heterocycles. The molecule has 0 aliphatic heterocycles. The van der Waals surface area contributed by atoms with E-state index in [9.17, 15) is 4.79 Å². The summed E-state index contributed by atoms with van der Waals surface area (Å²) in [6.07, 6.45) is 9.33. The van der Waals surface area contributed by atoms with E-state index in [0.29, 0.717) is 18.1 Å². The summed E-state index contributed by atoms with van der Waals surface area (Å²) >= 11 is 0. The predicted octanol–water partition coefficient (Wildman–Crippen LogP) is 4.47. The summed E-state index contributed by atoms with van der Waals surface area (Å²) < 4.78 is 0. The van der Waals surface area contributed by atoms with Crippen molar-refractivity contribution in [1.29, 1.82) is 0 Å². The molecule has 0 atom stereocenters. The molecule has 0 spiro atoms. The normalized spacial score (nSPS) is 18.1. The zero-order chi connectivity index (χ0) is 12.8. The Kier molecular flexibility index (Phi) is 4.98. The molecule has 0 heterocycles. The average Bonchev–Trinajstić information content (AvgIpc) is 2.31. The summed E-state index contributed by atoms with van der Waals surface area (Å²) in [5, 5.41) is 0. The van der Waals surface area contributed by atoms with Gasteiger partial charge in [-0.15, -0.1) is 0 Å². The lowest BCUT2D eigenvalue weighted by Gasteiger charge is -2.18. The Labute approximate surface area is 111 Å². The Balaban J connectivity index is 1.91. The zero-order valence-electron chi connectivity index (χ0n) is 11.5. The first-order valence-corrected chi connectivity index (χ1v) is 7.34. The monoisotopic (exact) mass is 244 g/mol. The molecule has 98 valence electrons. The van der Waals surface area contributed by atoms with Crippen molar-refractivity contribution in [3.63, 3.8) is 0 Å². The van der Waals surface area contributed by atoms with Gasteiger partial charge in [-0.3, -0.25) is 4.79 Å². The van der Waals surface area contributed by atoms with Crippen LogP contribution in [0.3, 0.4) is 0 Å². The van der Waals surface area contributed by atoms with Gasteiger partial charge in [-0.05, 0) is 25.3 Å². The van der Waals surface area contributed by atoms with E-state index in [1.807, 2.05) is 0 Å². The molecule has 0 N–H and O–H groups in total. The Bertz CT molecular complexity index is 369. The maximum atomic E-state index is 12.3. The maximum absolute atomic E-state index is 12.3. The van der Waals surface area contributed by atoms with Gasteiger partial charge >= 0.3 is 0 Å². The Morgan fingerprint density at radius 2 is 1.56 bits per heavy atom. The second kappa shape index (κ2) is 6.72. The van der Waals surface area contributed by atoms with Crippen molar-refractivity contribution in [3.8, 4) is 0 Å². The number of hydrogen-bond donors (Lipinski definition) is 0. The summed E-state index contributed by atoms with van der Waals surface area (Å²) in [6, 6.07) is 8.38. The van der Waals surface area contributed by atoms with Gasteiger partial charge in [0.25, 0.3) is 0 Å². The van der Waals surface area contributed by atoms with Gasteiger partial charge in [-0.25, -0.2) is 0 Å². The fourth-order valence-corrected chi connectivity index (χ4v) is 2.83. The summed E-state index contributed by atoms with van der Waals surface area (Å²) in [5.41, 5.74) is 2.44. The predicted molar refractivity (Wildman–Crippen MR) is 75.7 cm³/mol. The highest BCUT2D eigenvalue weighted by atomic mass is 16.1. The second-order valence-electron chi connectivity index (χ2n) is 5.67. The number of carbonyl (C=O) groups excluding carboxylic acids is 1. The fourth-order valence-electron chi connectivity index (χ4n) is 2.83. The van der Waals surface area contributed by atoms with Gasteiger partial charge in [0.1, 0.15) is 5.78 Å². The minimum atomic E-state index is 0.326. The van der Waals surface area contributed by atoms with Crippen LogP contribution < -0.4 is 0 Å². The van der Waals surface area contributed by atoms with E-state index < -0.39 is 0 Å². The Morgan fingerprint density at radius 1 is 1.00 bits per heavy atom. The number of Topliss-reactive ketones (excluding diaryl/α,β-unsaturated/α-hetero) is 1. The van der Waals surface area contributed by atoms with Gasteiger partial charge in [0, 0.05) is 12.3 Å². The highest BCUT2D eigenvalue weighted by Crippen LogP contribution is 2.24. The van der Waals surface area contributed by atoms with E-state index in [2.05, 4.69) is 31.2 Å². The topological polar surface area (TPSA) is 17.1 Å². The van der Waals surface area contributed by atoms with Crippen molar-refractivity contribution >= 4 is 5.78 Å². The maximum Gasteiger partial charge on any atom is 0.140 e. The van der Waals surface area contributed by atoms with Crippen LogP contribution in [0, 0.1) is 12.8 Å². The molecule has 0 amide bonds. The van der Waals surface area contributed by atoms with E-state index in [1.54, 1.807) is 0 Å². The van der Waals surface area contributed by atoms with Crippen LogP contribution in [0.25, 0.3) is 0 Å². The molecule has 1 aliphatic rings. The SMILES string of the molecule is Cc1ccc(CC(=O)C2CCCCCCC2)cc1. The molecule has 2 rings (SSSR count). The van der Waals surface area contributed by atoms with Crippen molar-refractivity contribution in [1.82, 2.24) is 0 Å². The summed E-state index contributed by atoms with van der Waals surface area (Å²) in [5.74, 6) is 0.785. The fraction of sp³-hybridized carbons (Fsp3) is 0.588. The molecular weight excluding hydrogens is 220 g/mol. The first-order chi connectivity index (χ1) is 8.75. The van der Waals surface area contributed by atoms with Gasteiger partial charge < -0.3 is 0 Å². The van der Waals surface area contributed by atoms with Crippen LogP contribution in [0.4, 0.5) is 0 Å². The minimum Gasteiger partial charge on any atom is -0.299 e. The summed E-state index contributed by atoms with van der Waals surface area (Å²) in [4.78, 5) is 12.3. The number of hydrogen-bond acceptors (Lipinski definition) is 1. The lowest BCUT2D eigenvalue weighted by Crippen LogP contribution is -2.18. The molecule has 1 nitrogen and oxygen atoms in total. The summed E-state index contributed by atoms with van der Waals surface area (Å²) in [7, 11) is 0. The van der Waals surface area contributed by atoms with Crippen LogP contribution in [0.1, 0.15) is 56.1 Å². The van der Waals surface area contributed by atoms with Crippen LogP contribution in [0.5, 0.6) is 0 Å². The van der Waals surface area contributed by atoms with E-state index >= 15 is 0 Å². The highest BCUT2D eigenvalue weighted by Gasteiger charge is 2.19. The lowest BCUT2D eigenvalue weighted by atomic mass is 9.86. The second-order valence-corrected chi connectivity index (χ2v) is 5.67. The van der Waals surface area contributed by atoms with Gasteiger partial charge in [0.05, 0.1) is 0 Å². The first-order valence-electron chi connectivity index (χ1n) is 7.34. The van der Waals surface area contributed by atoms with Crippen LogP contribution in [-0.4, -0.2) is 5.78 Å². The quantitative estimate of drug-likeness (QED) is 0.767. The molecule has 0 radical (unpaired) electrons. The number of rotatable bonds is 3. The molecule has 0 aromatic heterocycles. The Morgan fingerprint density at radius 3 is 2.17 bits per heavy atom. The van der Waals surface area contributed by atoms with Crippen molar-refractivity contribution in [3.05, 3.63) is 35.4 Å². The Hall–Kier alpha value is -1.11. The molecule has 1 fully saturated rings. The van der Waals surface area contributed by atoms with Crippen molar-refractivity contribution < 1.29 is 4.79 Å². The van der Waals surface area contributed by atoms with E-state index in [-0.39, 0.29) is 0 Å². The lowest BCUT2D eigenvalue weighted by molar-refractivity contribution is -0.122. The van der Waals surface area contributed by atoms with Gasteiger partial charge in [-0.1, -0.05) is 61.9 Å². The molecule has 0 unspecified atom stereocenters. The standard InChI is InChI=1S/C17H24O/c1-14-9-11-15(12-10-14)13-17(18)16-7-5-3-2-4-6-8-16/h9-12,16H,2-8,13H2,1H3. The third-order valence-electron chi connectivity index (χ3n) is 4.06. The van der Waals surface area contributed by atoms with Gasteiger partial charge in [0.15, 0.2) is 0 Å². The largest absolute Gasteiger partial charge is 0.299 e. The molecule has 1 aromatic carbocycles. The molecule has 1 aliphatic carbocycles. The molecule has 0 bridgehead atoms. The third-order valence-corrected chi connectivity index (χ3v) is 4.06. The van der Waals surface area contributed by atoms with E-state index in [0.717, 1.165) is 12.8 Å². The van der Waals surface area contributed by atoms with Crippen molar-refractivity contribution in [2.75, 3.05) is 0 Å². The van der Waals surface area contributed by atoms with Gasteiger partial charge in [-0.2, -0.15) is 0 Å². The molecule has 18 heavy (non-hydrogen) atoms. The number of ketones is 1. The third kappa shape index (κ3) is 3.97.